The van der Waals surface area contributed by atoms with Crippen molar-refractivity contribution in [3.8, 4) is 0 Å². The van der Waals surface area contributed by atoms with E-state index in [9.17, 15) is 19.2 Å². The standard InChI is InChI=1S/2C11H12ClNO2/c1-7-5-9(12)3-4-10(7)13-11(15)6-8(2)14;1-7-3-4-10(9(12)5-7)13-11(15)6-8(2)14/h2*3-5H,6H2,1-2H3,(H,13,15). The van der Waals surface area contributed by atoms with E-state index in [1.54, 1.807) is 30.3 Å². The molecule has 2 N–H and O–H groups in total. The predicted octanol–water partition coefficient (Wildman–Crippen LogP) is 5.13. The van der Waals surface area contributed by atoms with Crippen molar-refractivity contribution in [2.24, 2.45) is 0 Å². The summed E-state index contributed by atoms with van der Waals surface area (Å²) in [6.07, 6.45) is -0.216. The smallest absolute Gasteiger partial charge is 0.231 e. The Kier molecular flexibility index (Phi) is 10.2. The van der Waals surface area contributed by atoms with Crippen LogP contribution in [0.2, 0.25) is 10.0 Å². The van der Waals surface area contributed by atoms with Crippen LogP contribution in [0.15, 0.2) is 36.4 Å². The zero-order valence-electron chi connectivity index (χ0n) is 17.3. The molecule has 160 valence electrons. The largest absolute Gasteiger partial charge is 0.325 e. The third-order valence-corrected chi connectivity index (χ3v) is 4.23. The first-order chi connectivity index (χ1) is 14.0. The van der Waals surface area contributed by atoms with Gasteiger partial charge in [0.05, 0.1) is 23.6 Å². The van der Waals surface area contributed by atoms with Crippen molar-refractivity contribution in [1.29, 1.82) is 0 Å². The van der Waals surface area contributed by atoms with E-state index in [2.05, 4.69) is 10.6 Å². The molecule has 0 unspecified atom stereocenters. The van der Waals surface area contributed by atoms with Gasteiger partial charge < -0.3 is 10.6 Å². The van der Waals surface area contributed by atoms with Crippen molar-refractivity contribution in [3.05, 3.63) is 57.6 Å². The van der Waals surface area contributed by atoms with E-state index in [0.29, 0.717) is 21.4 Å². The molecule has 0 bridgehead atoms. The van der Waals surface area contributed by atoms with Crippen LogP contribution in [0, 0.1) is 13.8 Å². The van der Waals surface area contributed by atoms with Gasteiger partial charge in [0.1, 0.15) is 11.6 Å². The van der Waals surface area contributed by atoms with E-state index in [-0.39, 0.29) is 36.2 Å². The van der Waals surface area contributed by atoms with Crippen LogP contribution >= 0.6 is 23.2 Å². The minimum atomic E-state index is -0.340. The first kappa shape index (κ1) is 25.3. The molecule has 2 rings (SSSR count). The number of Topliss-reactive ketones (excluding diaryl/α,β-unsaturated/α-hetero) is 2. The predicted molar refractivity (Wildman–Crippen MR) is 120 cm³/mol. The maximum Gasteiger partial charge on any atom is 0.231 e. The number of carbonyl (C=O) groups excluding carboxylic acids is 4. The quantitative estimate of drug-likeness (QED) is 0.596. The molecule has 0 fully saturated rings. The van der Waals surface area contributed by atoms with Gasteiger partial charge in [-0.25, -0.2) is 0 Å². The van der Waals surface area contributed by atoms with Gasteiger partial charge in [0, 0.05) is 10.7 Å². The summed E-state index contributed by atoms with van der Waals surface area (Å²) >= 11 is 11.7. The van der Waals surface area contributed by atoms with E-state index >= 15 is 0 Å². The average molecular weight is 451 g/mol. The maximum atomic E-state index is 11.3. The number of carbonyl (C=O) groups is 4. The Hall–Kier alpha value is -2.70. The minimum absolute atomic E-state index is 0.0952. The fourth-order valence-corrected chi connectivity index (χ4v) is 2.84. The van der Waals surface area contributed by atoms with Crippen molar-refractivity contribution < 1.29 is 19.2 Å². The van der Waals surface area contributed by atoms with Gasteiger partial charge in [-0.1, -0.05) is 29.3 Å². The number of rotatable bonds is 6. The van der Waals surface area contributed by atoms with Crippen molar-refractivity contribution >= 4 is 58.0 Å². The van der Waals surface area contributed by atoms with Gasteiger partial charge in [-0.15, -0.1) is 0 Å². The second-order valence-electron chi connectivity index (χ2n) is 6.80. The zero-order valence-corrected chi connectivity index (χ0v) is 18.8. The zero-order chi connectivity index (χ0) is 22.8. The molecule has 0 aliphatic rings. The highest BCUT2D eigenvalue weighted by atomic mass is 35.5. The van der Waals surface area contributed by atoms with Gasteiger partial charge in [-0.3, -0.25) is 19.2 Å². The van der Waals surface area contributed by atoms with Gasteiger partial charge in [0.25, 0.3) is 0 Å². The molecule has 2 aromatic rings. The molecular formula is C22H24Cl2N2O4. The Morgan fingerprint density at radius 2 is 1.27 bits per heavy atom. The fraction of sp³-hybridized carbons (Fsp3) is 0.273. The number of halogens is 2. The molecule has 0 heterocycles. The first-order valence-corrected chi connectivity index (χ1v) is 9.84. The molecule has 0 saturated carbocycles. The Bertz CT molecular complexity index is 881. The number of nitrogens with one attached hydrogen (secondary N) is 2. The minimum Gasteiger partial charge on any atom is -0.325 e. The van der Waals surface area contributed by atoms with Crippen LogP contribution in [0.1, 0.15) is 37.8 Å². The van der Waals surface area contributed by atoms with Gasteiger partial charge in [0.2, 0.25) is 11.8 Å². The topological polar surface area (TPSA) is 92.3 Å². The summed E-state index contributed by atoms with van der Waals surface area (Å²) in [5.74, 6) is -0.962. The number of ketones is 2. The van der Waals surface area contributed by atoms with Crippen LogP contribution in [0.25, 0.3) is 0 Å². The molecular weight excluding hydrogens is 427 g/mol. The highest BCUT2D eigenvalue weighted by Crippen LogP contribution is 2.22. The summed E-state index contributed by atoms with van der Waals surface area (Å²) in [5, 5.41) is 6.33. The molecule has 2 aromatic carbocycles. The molecule has 0 aromatic heterocycles. The molecule has 0 spiro atoms. The Morgan fingerprint density at radius 1 is 0.767 bits per heavy atom. The van der Waals surface area contributed by atoms with Crippen LogP contribution < -0.4 is 10.6 Å². The SMILES string of the molecule is CC(=O)CC(=O)Nc1ccc(C)cc1Cl.CC(=O)CC(=O)Nc1ccc(Cl)cc1C. The third-order valence-electron chi connectivity index (χ3n) is 3.68. The molecule has 30 heavy (non-hydrogen) atoms. The Balaban J connectivity index is 0.000000300. The number of amides is 2. The third kappa shape index (κ3) is 9.67. The van der Waals surface area contributed by atoms with Crippen LogP contribution in [0.5, 0.6) is 0 Å². The highest BCUT2D eigenvalue weighted by molar-refractivity contribution is 6.33. The lowest BCUT2D eigenvalue weighted by atomic mass is 10.2. The lowest BCUT2D eigenvalue weighted by Crippen LogP contribution is -2.15. The summed E-state index contributed by atoms with van der Waals surface area (Å²) in [5.41, 5.74) is 3.11. The number of anilines is 2. The van der Waals surface area contributed by atoms with Gasteiger partial charge in [0.15, 0.2) is 0 Å². The summed E-state index contributed by atoms with van der Waals surface area (Å²) < 4.78 is 0. The second-order valence-corrected chi connectivity index (χ2v) is 7.64. The fourth-order valence-electron chi connectivity index (χ4n) is 2.33. The summed E-state index contributed by atoms with van der Waals surface area (Å²) in [4.78, 5) is 44.0. The molecule has 2 amide bonds. The second kappa shape index (κ2) is 12.1. The molecule has 0 aliphatic heterocycles. The molecule has 0 atom stereocenters. The summed E-state index contributed by atoms with van der Waals surface area (Å²) in [6, 6.07) is 10.5. The Labute approximate surface area is 185 Å². The maximum absolute atomic E-state index is 11.3. The van der Waals surface area contributed by atoms with Gasteiger partial charge in [-0.05, 0) is 69.2 Å². The summed E-state index contributed by atoms with van der Waals surface area (Å²) in [7, 11) is 0. The Morgan fingerprint density at radius 3 is 1.73 bits per heavy atom. The molecule has 6 nitrogen and oxygen atoms in total. The lowest BCUT2D eigenvalue weighted by molar-refractivity contribution is -0.125. The van der Waals surface area contributed by atoms with Crippen LogP contribution in [-0.4, -0.2) is 23.4 Å². The van der Waals surface area contributed by atoms with Crippen LogP contribution in [0.3, 0.4) is 0 Å². The van der Waals surface area contributed by atoms with E-state index in [1.165, 1.54) is 13.8 Å². The van der Waals surface area contributed by atoms with E-state index < -0.39 is 0 Å². The molecule has 0 aliphatic carbocycles. The normalized spacial score (nSPS) is 9.80. The van der Waals surface area contributed by atoms with Crippen LogP contribution in [-0.2, 0) is 19.2 Å². The van der Waals surface area contributed by atoms with Crippen molar-refractivity contribution in [1.82, 2.24) is 0 Å². The van der Waals surface area contributed by atoms with Crippen molar-refractivity contribution in [2.75, 3.05) is 10.6 Å². The highest BCUT2D eigenvalue weighted by Gasteiger charge is 2.08. The number of hydrogen-bond donors (Lipinski definition) is 2. The molecule has 8 heteroatoms. The summed E-state index contributed by atoms with van der Waals surface area (Å²) in [6.45, 7) is 6.51. The van der Waals surface area contributed by atoms with Crippen molar-refractivity contribution in [3.63, 3.8) is 0 Å². The first-order valence-electron chi connectivity index (χ1n) is 9.08. The number of hydrogen-bond acceptors (Lipinski definition) is 4. The van der Waals surface area contributed by atoms with E-state index in [4.69, 9.17) is 23.2 Å². The monoisotopic (exact) mass is 450 g/mol. The lowest BCUT2D eigenvalue weighted by Gasteiger charge is -2.07. The van der Waals surface area contributed by atoms with Gasteiger partial charge >= 0.3 is 0 Å². The van der Waals surface area contributed by atoms with Crippen molar-refractivity contribution in [2.45, 2.75) is 40.5 Å². The number of benzene rings is 2. The molecule has 0 saturated heterocycles. The average Bonchev–Trinajstić information content (AvgIpc) is 2.59. The van der Waals surface area contributed by atoms with E-state index in [1.807, 2.05) is 19.9 Å². The van der Waals surface area contributed by atoms with Crippen LogP contribution in [0.4, 0.5) is 11.4 Å². The molecule has 0 radical (unpaired) electrons. The number of aryl methyl sites for hydroxylation is 2. The van der Waals surface area contributed by atoms with Gasteiger partial charge in [-0.2, -0.15) is 0 Å². The van der Waals surface area contributed by atoms with E-state index in [0.717, 1.165) is 11.1 Å².